The highest BCUT2D eigenvalue weighted by molar-refractivity contribution is 5.91. The zero-order valence-electron chi connectivity index (χ0n) is 15.5. The Morgan fingerprint density at radius 2 is 1.86 bits per heavy atom. The summed E-state index contributed by atoms with van der Waals surface area (Å²) in [5, 5.41) is 8.25. The van der Waals surface area contributed by atoms with Gasteiger partial charge < -0.3 is 9.64 Å². The molecule has 0 saturated carbocycles. The van der Waals surface area contributed by atoms with E-state index in [9.17, 15) is 4.79 Å². The van der Waals surface area contributed by atoms with E-state index >= 15 is 0 Å². The average Bonchev–Trinajstić information content (AvgIpc) is 3.21. The smallest absolute Gasteiger partial charge is 0.246 e. The summed E-state index contributed by atoms with van der Waals surface area (Å²) in [5.41, 5.74) is 2.91. The molecule has 142 valence electrons. The molecule has 3 aromatic rings. The molecule has 1 fully saturated rings. The second-order valence-corrected chi connectivity index (χ2v) is 6.71. The third-order valence-electron chi connectivity index (χ3n) is 4.69. The maximum Gasteiger partial charge on any atom is 0.246 e. The van der Waals surface area contributed by atoms with Crippen LogP contribution in [-0.2, 0) is 16.1 Å². The van der Waals surface area contributed by atoms with Crippen LogP contribution in [-0.4, -0.2) is 45.5 Å². The molecule has 0 aliphatic carbocycles. The van der Waals surface area contributed by atoms with E-state index in [0.717, 1.165) is 11.1 Å². The highest BCUT2D eigenvalue weighted by Crippen LogP contribution is 2.22. The molecule has 1 unspecified atom stereocenters. The van der Waals surface area contributed by atoms with E-state index in [1.807, 2.05) is 71.8 Å². The predicted octanol–water partition coefficient (Wildman–Crippen LogP) is 2.94. The minimum Gasteiger partial charge on any atom is -0.370 e. The highest BCUT2D eigenvalue weighted by atomic mass is 16.5. The van der Waals surface area contributed by atoms with E-state index in [1.54, 1.807) is 16.8 Å². The van der Waals surface area contributed by atoms with Gasteiger partial charge in [-0.05, 0) is 17.2 Å². The van der Waals surface area contributed by atoms with Crippen LogP contribution in [0, 0.1) is 0 Å². The number of rotatable bonds is 5. The lowest BCUT2D eigenvalue weighted by Gasteiger charge is -2.32. The van der Waals surface area contributed by atoms with Crippen LogP contribution < -0.4 is 0 Å². The van der Waals surface area contributed by atoms with Gasteiger partial charge in [0.25, 0.3) is 0 Å². The summed E-state index contributed by atoms with van der Waals surface area (Å²) in [5.74, 6) is -0.0400. The van der Waals surface area contributed by atoms with E-state index in [0.29, 0.717) is 31.9 Å². The van der Waals surface area contributed by atoms with Crippen LogP contribution in [0.2, 0.25) is 0 Å². The van der Waals surface area contributed by atoms with Gasteiger partial charge in [-0.25, -0.2) is 4.68 Å². The maximum absolute atomic E-state index is 12.6. The lowest BCUT2D eigenvalue weighted by atomic mass is 10.1. The Kier molecular flexibility index (Phi) is 5.58. The SMILES string of the molecule is O=C(C=Cc1cn(Cc2ccccc2)nn1)N1CCOC(c2ccccc2)C1. The monoisotopic (exact) mass is 374 g/mol. The van der Waals surface area contributed by atoms with Crippen molar-refractivity contribution in [3.05, 3.63) is 89.8 Å². The van der Waals surface area contributed by atoms with E-state index in [2.05, 4.69) is 10.3 Å². The minimum atomic E-state index is -0.0842. The summed E-state index contributed by atoms with van der Waals surface area (Å²) < 4.78 is 7.59. The normalized spacial score (nSPS) is 17.1. The average molecular weight is 374 g/mol. The van der Waals surface area contributed by atoms with Gasteiger partial charge in [0.2, 0.25) is 5.91 Å². The lowest BCUT2D eigenvalue weighted by Crippen LogP contribution is -2.41. The summed E-state index contributed by atoms with van der Waals surface area (Å²) >= 11 is 0. The van der Waals surface area contributed by atoms with E-state index in [1.165, 1.54) is 0 Å². The number of hydrogen-bond donors (Lipinski definition) is 0. The van der Waals surface area contributed by atoms with Gasteiger partial charge in [0, 0.05) is 12.6 Å². The number of nitrogens with zero attached hydrogens (tertiary/aromatic N) is 4. The number of carbonyl (C=O) groups is 1. The minimum absolute atomic E-state index is 0.0400. The lowest BCUT2D eigenvalue weighted by molar-refractivity contribution is -0.133. The summed E-state index contributed by atoms with van der Waals surface area (Å²) in [6.07, 6.45) is 5.02. The van der Waals surface area contributed by atoms with E-state index < -0.39 is 0 Å². The fraction of sp³-hybridized carbons (Fsp3) is 0.227. The van der Waals surface area contributed by atoms with Crippen LogP contribution in [0.4, 0.5) is 0 Å². The summed E-state index contributed by atoms with van der Waals surface area (Å²) in [7, 11) is 0. The molecule has 0 radical (unpaired) electrons. The Balaban J connectivity index is 1.36. The molecule has 1 aliphatic heterocycles. The van der Waals surface area contributed by atoms with Crippen molar-refractivity contribution in [2.24, 2.45) is 0 Å². The van der Waals surface area contributed by atoms with Crippen molar-refractivity contribution in [3.8, 4) is 0 Å². The molecule has 1 saturated heterocycles. The zero-order chi connectivity index (χ0) is 19.2. The summed E-state index contributed by atoms with van der Waals surface area (Å²) in [6.45, 7) is 2.32. The van der Waals surface area contributed by atoms with Crippen molar-refractivity contribution in [1.82, 2.24) is 19.9 Å². The molecule has 2 heterocycles. The molecule has 4 rings (SSSR count). The van der Waals surface area contributed by atoms with Gasteiger partial charge in [-0.1, -0.05) is 65.9 Å². The number of hydrogen-bond acceptors (Lipinski definition) is 4. The van der Waals surface area contributed by atoms with Crippen molar-refractivity contribution >= 4 is 12.0 Å². The molecule has 0 N–H and O–H groups in total. The largest absolute Gasteiger partial charge is 0.370 e. The molecule has 1 aliphatic rings. The van der Waals surface area contributed by atoms with Crippen molar-refractivity contribution in [2.75, 3.05) is 19.7 Å². The fourth-order valence-corrected chi connectivity index (χ4v) is 3.22. The Morgan fingerprint density at radius 1 is 1.11 bits per heavy atom. The Labute approximate surface area is 164 Å². The molecule has 28 heavy (non-hydrogen) atoms. The first-order valence-electron chi connectivity index (χ1n) is 9.35. The predicted molar refractivity (Wildman–Crippen MR) is 106 cm³/mol. The van der Waals surface area contributed by atoms with Crippen LogP contribution >= 0.6 is 0 Å². The van der Waals surface area contributed by atoms with Crippen molar-refractivity contribution in [2.45, 2.75) is 12.6 Å². The topological polar surface area (TPSA) is 60.2 Å². The molecule has 1 aromatic heterocycles. The van der Waals surface area contributed by atoms with Gasteiger partial charge in [-0.2, -0.15) is 0 Å². The second kappa shape index (κ2) is 8.63. The van der Waals surface area contributed by atoms with E-state index in [4.69, 9.17) is 4.74 Å². The summed E-state index contributed by atoms with van der Waals surface area (Å²) in [6, 6.07) is 20.1. The van der Waals surface area contributed by atoms with Gasteiger partial charge in [-0.15, -0.1) is 5.10 Å². The molecule has 2 aromatic carbocycles. The molecule has 1 atom stereocenters. The third-order valence-corrected chi connectivity index (χ3v) is 4.69. The number of ether oxygens (including phenoxy) is 1. The van der Waals surface area contributed by atoms with Gasteiger partial charge in [0.15, 0.2) is 0 Å². The molecule has 0 spiro atoms. The first-order chi connectivity index (χ1) is 13.8. The quantitative estimate of drug-likeness (QED) is 0.644. The number of morpholine rings is 1. The molecule has 1 amide bonds. The second-order valence-electron chi connectivity index (χ2n) is 6.71. The van der Waals surface area contributed by atoms with Crippen molar-refractivity contribution in [3.63, 3.8) is 0 Å². The standard InChI is InChI=1S/C22H22N4O2/c27-22(25-13-14-28-21(17-25)19-9-5-2-6-10-19)12-11-20-16-26(24-23-20)15-18-7-3-1-4-8-18/h1-12,16,21H,13-15,17H2. The van der Waals surface area contributed by atoms with Crippen LogP contribution in [0.3, 0.4) is 0 Å². The number of amides is 1. The van der Waals surface area contributed by atoms with Crippen LogP contribution in [0.15, 0.2) is 72.9 Å². The molecular weight excluding hydrogens is 352 g/mol. The van der Waals surface area contributed by atoms with Crippen LogP contribution in [0.1, 0.15) is 22.9 Å². The third kappa shape index (κ3) is 4.53. The molecule has 6 nitrogen and oxygen atoms in total. The molecular formula is C22H22N4O2. The Bertz CT molecular complexity index is 937. The van der Waals surface area contributed by atoms with Crippen LogP contribution in [0.5, 0.6) is 0 Å². The highest BCUT2D eigenvalue weighted by Gasteiger charge is 2.24. The number of aromatic nitrogens is 3. The molecule has 6 heteroatoms. The number of carbonyl (C=O) groups excluding carboxylic acids is 1. The van der Waals surface area contributed by atoms with Crippen LogP contribution in [0.25, 0.3) is 6.08 Å². The Morgan fingerprint density at radius 3 is 2.64 bits per heavy atom. The van der Waals surface area contributed by atoms with E-state index in [-0.39, 0.29) is 12.0 Å². The number of benzene rings is 2. The summed E-state index contributed by atoms with van der Waals surface area (Å²) in [4.78, 5) is 14.4. The maximum atomic E-state index is 12.6. The van der Waals surface area contributed by atoms with Gasteiger partial charge >= 0.3 is 0 Å². The first-order valence-corrected chi connectivity index (χ1v) is 9.35. The molecule has 0 bridgehead atoms. The Hall–Kier alpha value is -3.25. The first kappa shape index (κ1) is 18.1. The van der Waals surface area contributed by atoms with Crippen molar-refractivity contribution < 1.29 is 9.53 Å². The zero-order valence-corrected chi connectivity index (χ0v) is 15.5. The van der Waals surface area contributed by atoms with Gasteiger partial charge in [0.05, 0.1) is 25.9 Å². The van der Waals surface area contributed by atoms with Gasteiger partial charge in [0.1, 0.15) is 11.8 Å². The van der Waals surface area contributed by atoms with Crippen molar-refractivity contribution in [1.29, 1.82) is 0 Å². The van der Waals surface area contributed by atoms with Gasteiger partial charge in [-0.3, -0.25) is 4.79 Å². The fourth-order valence-electron chi connectivity index (χ4n) is 3.22.